The van der Waals surface area contributed by atoms with E-state index >= 15 is 0 Å². The van der Waals surface area contributed by atoms with Crippen LogP contribution in [0.5, 0.6) is 0 Å². The van der Waals surface area contributed by atoms with E-state index < -0.39 is 0 Å². The normalized spacial score (nSPS) is 45.4. The molecule has 1 saturated carbocycles. The van der Waals surface area contributed by atoms with Gasteiger partial charge in [0.15, 0.2) is 0 Å². The summed E-state index contributed by atoms with van der Waals surface area (Å²) in [6.45, 7) is 9.20. The van der Waals surface area contributed by atoms with E-state index in [1.54, 1.807) is 0 Å². The lowest BCUT2D eigenvalue weighted by molar-refractivity contribution is -0.228. The van der Waals surface area contributed by atoms with Crippen LogP contribution < -0.4 is 0 Å². The van der Waals surface area contributed by atoms with E-state index in [4.69, 9.17) is 9.47 Å². The van der Waals surface area contributed by atoms with E-state index in [-0.39, 0.29) is 5.41 Å². The Bertz CT molecular complexity index is 274. The van der Waals surface area contributed by atoms with Crippen molar-refractivity contribution in [3.63, 3.8) is 0 Å². The van der Waals surface area contributed by atoms with Crippen molar-refractivity contribution in [2.75, 3.05) is 7.11 Å². The molecule has 0 aromatic carbocycles. The molecule has 1 heterocycles. The maximum Gasteiger partial charge on any atom is 0.0710 e. The van der Waals surface area contributed by atoms with Crippen LogP contribution in [0.3, 0.4) is 0 Å². The lowest BCUT2D eigenvalue weighted by Gasteiger charge is -2.58. The number of hydrogen-bond donors (Lipinski definition) is 0. The molecular weight excluding hydrogens is 212 g/mol. The molecule has 0 aromatic rings. The second-order valence-corrected chi connectivity index (χ2v) is 6.67. The van der Waals surface area contributed by atoms with Gasteiger partial charge in [0.1, 0.15) is 0 Å². The summed E-state index contributed by atoms with van der Waals surface area (Å²) in [5, 5.41) is 0. The molecular formula is C15H28O2. The van der Waals surface area contributed by atoms with Crippen LogP contribution in [0.2, 0.25) is 0 Å². The van der Waals surface area contributed by atoms with Gasteiger partial charge in [-0.15, -0.1) is 0 Å². The lowest BCUT2D eigenvalue weighted by atomic mass is 9.56. The molecule has 0 radical (unpaired) electrons. The fourth-order valence-corrected chi connectivity index (χ4v) is 4.21. The highest BCUT2D eigenvalue weighted by Crippen LogP contribution is 2.55. The quantitative estimate of drug-likeness (QED) is 0.731. The van der Waals surface area contributed by atoms with E-state index in [0.29, 0.717) is 23.7 Å². The van der Waals surface area contributed by atoms with Crippen molar-refractivity contribution in [3.8, 4) is 0 Å². The molecule has 1 aliphatic heterocycles. The zero-order valence-electron chi connectivity index (χ0n) is 12.1. The topological polar surface area (TPSA) is 18.5 Å². The molecule has 0 amide bonds. The third-order valence-corrected chi connectivity index (χ3v) is 5.37. The fourth-order valence-electron chi connectivity index (χ4n) is 4.21. The maximum atomic E-state index is 6.35. The molecule has 0 bridgehead atoms. The van der Waals surface area contributed by atoms with Gasteiger partial charge in [0.2, 0.25) is 0 Å². The molecule has 2 heteroatoms. The zero-order valence-corrected chi connectivity index (χ0v) is 12.1. The Morgan fingerprint density at radius 2 is 1.88 bits per heavy atom. The Morgan fingerprint density at radius 3 is 2.47 bits per heavy atom. The predicted molar refractivity (Wildman–Crippen MR) is 70.1 cm³/mol. The summed E-state index contributed by atoms with van der Waals surface area (Å²) >= 11 is 0. The second kappa shape index (κ2) is 4.55. The average molecular weight is 240 g/mol. The van der Waals surface area contributed by atoms with Crippen LogP contribution in [0.15, 0.2) is 0 Å². The number of fused-ring (bicyclic) bond motifs is 1. The van der Waals surface area contributed by atoms with Gasteiger partial charge in [-0.1, -0.05) is 20.8 Å². The van der Waals surface area contributed by atoms with E-state index in [1.807, 2.05) is 7.11 Å². The number of hydrogen-bond acceptors (Lipinski definition) is 2. The van der Waals surface area contributed by atoms with Crippen molar-refractivity contribution < 1.29 is 9.47 Å². The fraction of sp³-hybridized carbons (Fsp3) is 1.00. The number of methoxy groups -OCH3 is 1. The van der Waals surface area contributed by atoms with Crippen molar-refractivity contribution in [1.82, 2.24) is 0 Å². The van der Waals surface area contributed by atoms with E-state index in [1.165, 1.54) is 32.1 Å². The van der Waals surface area contributed by atoms with Gasteiger partial charge in [0, 0.05) is 12.5 Å². The minimum absolute atomic E-state index is 0.137. The molecule has 4 unspecified atom stereocenters. The van der Waals surface area contributed by atoms with Gasteiger partial charge in [-0.3, -0.25) is 0 Å². The summed E-state index contributed by atoms with van der Waals surface area (Å²) in [7, 11) is 1.84. The monoisotopic (exact) mass is 240 g/mol. The first-order chi connectivity index (χ1) is 7.96. The van der Waals surface area contributed by atoms with Crippen molar-refractivity contribution in [3.05, 3.63) is 0 Å². The predicted octanol–water partition coefficient (Wildman–Crippen LogP) is 3.79. The highest BCUT2D eigenvalue weighted by atomic mass is 16.5. The Balaban J connectivity index is 2.29. The standard InChI is InChI=1S/C15H28O2/c1-6-15-9-7-11(2)17-13(15)14(3,4)12(16-5)8-10-15/h11-13H,6-10H2,1-5H3. The molecule has 2 nitrogen and oxygen atoms in total. The molecule has 0 aromatic heterocycles. The van der Waals surface area contributed by atoms with Crippen LogP contribution >= 0.6 is 0 Å². The van der Waals surface area contributed by atoms with E-state index in [2.05, 4.69) is 27.7 Å². The highest BCUT2D eigenvalue weighted by Gasteiger charge is 2.55. The summed E-state index contributed by atoms with van der Waals surface area (Å²) in [4.78, 5) is 0. The summed E-state index contributed by atoms with van der Waals surface area (Å²) in [6.07, 6.45) is 7.36. The Morgan fingerprint density at radius 1 is 1.24 bits per heavy atom. The molecule has 2 aliphatic rings. The highest BCUT2D eigenvalue weighted by molar-refractivity contribution is 5.05. The SMILES string of the molecule is CCC12CCC(C)OC1C(C)(C)C(OC)CC2. The summed E-state index contributed by atoms with van der Waals surface area (Å²) < 4.78 is 12.1. The van der Waals surface area contributed by atoms with Crippen molar-refractivity contribution in [1.29, 1.82) is 0 Å². The first-order valence-electron chi connectivity index (χ1n) is 7.14. The van der Waals surface area contributed by atoms with Crippen LogP contribution in [0.4, 0.5) is 0 Å². The minimum atomic E-state index is 0.137. The second-order valence-electron chi connectivity index (χ2n) is 6.67. The van der Waals surface area contributed by atoms with Crippen LogP contribution in [0.25, 0.3) is 0 Å². The molecule has 17 heavy (non-hydrogen) atoms. The third-order valence-electron chi connectivity index (χ3n) is 5.37. The van der Waals surface area contributed by atoms with Crippen LogP contribution in [-0.4, -0.2) is 25.4 Å². The van der Waals surface area contributed by atoms with Crippen molar-refractivity contribution >= 4 is 0 Å². The van der Waals surface area contributed by atoms with Gasteiger partial charge in [-0.05, 0) is 44.4 Å². The van der Waals surface area contributed by atoms with E-state index in [0.717, 1.165) is 0 Å². The molecule has 0 spiro atoms. The lowest BCUT2D eigenvalue weighted by Crippen LogP contribution is -2.59. The van der Waals surface area contributed by atoms with Gasteiger partial charge >= 0.3 is 0 Å². The van der Waals surface area contributed by atoms with Gasteiger partial charge in [0.25, 0.3) is 0 Å². The minimum Gasteiger partial charge on any atom is -0.381 e. The maximum absolute atomic E-state index is 6.35. The molecule has 100 valence electrons. The zero-order chi connectivity index (χ0) is 12.7. The number of ether oxygens (including phenoxy) is 2. The Labute approximate surface area is 106 Å². The van der Waals surface area contributed by atoms with Gasteiger partial charge in [-0.25, -0.2) is 0 Å². The first kappa shape index (κ1) is 13.4. The molecule has 1 aliphatic carbocycles. The Kier molecular flexibility index (Phi) is 3.57. The molecule has 4 atom stereocenters. The van der Waals surface area contributed by atoms with E-state index in [9.17, 15) is 0 Å². The summed E-state index contributed by atoms with van der Waals surface area (Å²) in [5.74, 6) is 0. The smallest absolute Gasteiger partial charge is 0.0710 e. The van der Waals surface area contributed by atoms with Crippen LogP contribution in [-0.2, 0) is 9.47 Å². The summed E-state index contributed by atoms with van der Waals surface area (Å²) in [5.41, 5.74) is 0.544. The van der Waals surface area contributed by atoms with Gasteiger partial charge < -0.3 is 9.47 Å². The first-order valence-corrected chi connectivity index (χ1v) is 7.14. The molecule has 1 saturated heterocycles. The molecule has 0 N–H and O–H groups in total. The number of rotatable bonds is 2. The molecule has 2 rings (SSSR count). The Hall–Kier alpha value is -0.0800. The third kappa shape index (κ3) is 2.04. The van der Waals surface area contributed by atoms with Crippen LogP contribution in [0.1, 0.15) is 59.8 Å². The van der Waals surface area contributed by atoms with Gasteiger partial charge in [-0.2, -0.15) is 0 Å². The summed E-state index contributed by atoms with van der Waals surface area (Å²) in [6, 6.07) is 0. The van der Waals surface area contributed by atoms with Crippen LogP contribution in [0, 0.1) is 10.8 Å². The van der Waals surface area contributed by atoms with Crippen molar-refractivity contribution in [2.45, 2.75) is 78.1 Å². The van der Waals surface area contributed by atoms with Crippen molar-refractivity contribution in [2.24, 2.45) is 10.8 Å². The van der Waals surface area contributed by atoms with Gasteiger partial charge in [0.05, 0.1) is 18.3 Å². The average Bonchev–Trinajstić information content (AvgIpc) is 2.30. The largest absolute Gasteiger partial charge is 0.381 e. The molecule has 2 fully saturated rings.